The second kappa shape index (κ2) is 14.2. The van der Waals surface area contributed by atoms with E-state index in [1.165, 1.54) is 0 Å². The van der Waals surface area contributed by atoms with Crippen LogP contribution in [0.2, 0.25) is 0 Å². The van der Waals surface area contributed by atoms with Crippen LogP contribution in [-0.2, 0) is 20.8 Å². The Labute approximate surface area is 203 Å². The number of piperidine rings is 2. The molecule has 184 valence electrons. The number of carbonyl (C=O) groups excluding carboxylic acids is 2. The minimum absolute atomic E-state index is 0. The van der Waals surface area contributed by atoms with E-state index < -0.39 is 11.9 Å². The van der Waals surface area contributed by atoms with Crippen molar-refractivity contribution in [2.75, 3.05) is 32.7 Å². The number of hydrogen-bond acceptors (Lipinski definition) is 4. The number of rotatable bonds is 10. The molecule has 3 N–H and O–H groups in total. The van der Waals surface area contributed by atoms with Crippen molar-refractivity contribution in [3.8, 4) is 0 Å². The van der Waals surface area contributed by atoms with E-state index in [-0.39, 0.29) is 36.7 Å². The molecule has 3 rings (SSSR count). The molecule has 0 aliphatic carbocycles. The summed E-state index contributed by atoms with van der Waals surface area (Å²) in [6.07, 6.45) is 6.44. The third kappa shape index (κ3) is 8.97. The third-order valence-corrected chi connectivity index (χ3v) is 6.87. The fourth-order valence-corrected chi connectivity index (χ4v) is 4.74. The van der Waals surface area contributed by atoms with Crippen molar-refractivity contribution < 1.29 is 19.5 Å². The van der Waals surface area contributed by atoms with Gasteiger partial charge in [-0.15, -0.1) is 12.4 Å². The summed E-state index contributed by atoms with van der Waals surface area (Å²) in [6.45, 7) is 3.35. The molecule has 2 amide bonds. The van der Waals surface area contributed by atoms with Gasteiger partial charge in [0.2, 0.25) is 11.8 Å². The molecule has 7 nitrogen and oxygen atoms in total. The van der Waals surface area contributed by atoms with Crippen molar-refractivity contribution in [2.24, 2.45) is 17.8 Å². The maximum absolute atomic E-state index is 12.7. The highest BCUT2D eigenvalue weighted by Crippen LogP contribution is 2.22. The van der Waals surface area contributed by atoms with Gasteiger partial charge in [-0.2, -0.15) is 0 Å². The molecule has 2 fully saturated rings. The number of carbonyl (C=O) groups is 3. The normalized spacial score (nSPS) is 19.9. The summed E-state index contributed by atoms with van der Waals surface area (Å²) < 4.78 is 0. The number of halogens is 1. The van der Waals surface area contributed by atoms with Crippen molar-refractivity contribution in [3.05, 3.63) is 35.9 Å². The summed E-state index contributed by atoms with van der Waals surface area (Å²) in [5.41, 5.74) is 1.09. The number of benzene rings is 1. The molecule has 1 aromatic rings. The monoisotopic (exact) mass is 479 g/mol. The van der Waals surface area contributed by atoms with Crippen LogP contribution in [0.3, 0.4) is 0 Å². The number of nitrogens with zero attached hydrogens (tertiary/aromatic N) is 1. The van der Waals surface area contributed by atoms with Gasteiger partial charge in [0.1, 0.15) is 0 Å². The van der Waals surface area contributed by atoms with E-state index in [4.69, 9.17) is 0 Å². The van der Waals surface area contributed by atoms with Gasteiger partial charge in [0, 0.05) is 26.1 Å². The Morgan fingerprint density at radius 2 is 1.85 bits per heavy atom. The molecule has 2 saturated heterocycles. The van der Waals surface area contributed by atoms with Gasteiger partial charge in [-0.25, -0.2) is 0 Å². The zero-order chi connectivity index (χ0) is 22.8. The summed E-state index contributed by atoms with van der Waals surface area (Å²) in [7, 11) is 0. The van der Waals surface area contributed by atoms with Gasteiger partial charge in [0.05, 0.1) is 11.8 Å². The fraction of sp³-hybridized carbons (Fsp3) is 0.640. The van der Waals surface area contributed by atoms with Crippen molar-refractivity contribution in [1.82, 2.24) is 15.5 Å². The summed E-state index contributed by atoms with van der Waals surface area (Å²) in [5, 5.41) is 15.7. The van der Waals surface area contributed by atoms with Gasteiger partial charge in [-0.1, -0.05) is 30.3 Å². The van der Waals surface area contributed by atoms with Crippen LogP contribution in [0.25, 0.3) is 0 Å². The molecular weight excluding hydrogens is 442 g/mol. The average molecular weight is 480 g/mol. The Morgan fingerprint density at radius 1 is 1.12 bits per heavy atom. The first-order valence-electron chi connectivity index (χ1n) is 12.1. The lowest BCUT2D eigenvalue weighted by Gasteiger charge is -2.33. The summed E-state index contributed by atoms with van der Waals surface area (Å²) in [6, 6.07) is 9.78. The van der Waals surface area contributed by atoms with E-state index in [1.54, 1.807) is 0 Å². The van der Waals surface area contributed by atoms with Crippen LogP contribution in [0.15, 0.2) is 30.3 Å². The quantitative estimate of drug-likeness (QED) is 0.479. The van der Waals surface area contributed by atoms with Crippen LogP contribution in [0.4, 0.5) is 0 Å². The highest BCUT2D eigenvalue weighted by Gasteiger charge is 2.29. The molecule has 33 heavy (non-hydrogen) atoms. The first kappa shape index (κ1) is 27.1. The van der Waals surface area contributed by atoms with Gasteiger partial charge < -0.3 is 20.6 Å². The van der Waals surface area contributed by atoms with Crippen LogP contribution >= 0.6 is 12.4 Å². The molecule has 2 heterocycles. The van der Waals surface area contributed by atoms with Crippen molar-refractivity contribution >= 4 is 30.2 Å². The number of carboxylic acid groups (broad SMARTS) is 1. The second-order valence-electron chi connectivity index (χ2n) is 9.22. The van der Waals surface area contributed by atoms with Gasteiger partial charge in [-0.3, -0.25) is 14.4 Å². The molecule has 0 bridgehead atoms. The smallest absolute Gasteiger partial charge is 0.308 e. The molecule has 2 aliphatic heterocycles. The summed E-state index contributed by atoms with van der Waals surface area (Å²) in [5.74, 6) is -1.13. The Kier molecular flexibility index (Phi) is 11.7. The molecule has 1 aromatic carbocycles. The number of hydrogen-bond donors (Lipinski definition) is 3. The first-order valence-corrected chi connectivity index (χ1v) is 12.1. The Balaban J connectivity index is 0.00000385. The average Bonchev–Trinajstić information content (AvgIpc) is 2.83. The van der Waals surface area contributed by atoms with Crippen LogP contribution in [0, 0.1) is 17.8 Å². The molecule has 2 aliphatic rings. The topological polar surface area (TPSA) is 98.7 Å². The largest absolute Gasteiger partial charge is 0.481 e. The molecule has 2 atom stereocenters. The Morgan fingerprint density at radius 3 is 2.55 bits per heavy atom. The predicted molar refractivity (Wildman–Crippen MR) is 130 cm³/mol. The van der Waals surface area contributed by atoms with Crippen LogP contribution in [0.1, 0.15) is 50.5 Å². The lowest BCUT2D eigenvalue weighted by atomic mass is 9.92. The lowest BCUT2D eigenvalue weighted by molar-refractivity contribution is -0.142. The maximum Gasteiger partial charge on any atom is 0.308 e. The minimum Gasteiger partial charge on any atom is -0.481 e. The zero-order valence-electron chi connectivity index (χ0n) is 19.3. The van der Waals surface area contributed by atoms with Gasteiger partial charge in [0.15, 0.2) is 0 Å². The van der Waals surface area contributed by atoms with Crippen LogP contribution in [0.5, 0.6) is 0 Å². The van der Waals surface area contributed by atoms with E-state index in [1.807, 2.05) is 35.2 Å². The fourth-order valence-electron chi connectivity index (χ4n) is 4.74. The molecule has 0 unspecified atom stereocenters. The van der Waals surface area contributed by atoms with E-state index in [0.717, 1.165) is 50.8 Å². The summed E-state index contributed by atoms with van der Waals surface area (Å²) in [4.78, 5) is 38.9. The molecule has 0 aromatic heterocycles. The Bertz CT molecular complexity index is 755. The third-order valence-electron chi connectivity index (χ3n) is 6.87. The maximum atomic E-state index is 12.7. The minimum atomic E-state index is -0.889. The van der Waals surface area contributed by atoms with Gasteiger partial charge in [-0.05, 0) is 69.5 Å². The van der Waals surface area contributed by atoms with Crippen LogP contribution in [-0.4, -0.2) is 60.5 Å². The number of amides is 2. The van der Waals surface area contributed by atoms with Crippen LogP contribution < -0.4 is 10.6 Å². The number of aryl methyl sites for hydroxylation is 1. The standard InChI is InChI=1S/C25H37N3O4.ClH/c29-23(11-9-20-12-14-26-15-13-20)28-16-4-7-22(18-28)24(30)27-17-21(25(31)32)10-8-19-5-2-1-3-6-19;/h1-3,5-6,20-22,26H,4,7-18H2,(H,27,30)(H,31,32);1H/t21-,22-;/m1./s1. The van der Waals surface area contributed by atoms with E-state index in [2.05, 4.69) is 10.6 Å². The van der Waals surface area contributed by atoms with Crippen molar-refractivity contribution in [1.29, 1.82) is 0 Å². The molecular formula is C25H38ClN3O4. The number of carboxylic acids is 1. The van der Waals surface area contributed by atoms with E-state index in [0.29, 0.717) is 38.3 Å². The lowest BCUT2D eigenvalue weighted by Crippen LogP contribution is -2.46. The molecule has 0 spiro atoms. The van der Waals surface area contributed by atoms with Crippen molar-refractivity contribution in [2.45, 2.75) is 51.4 Å². The van der Waals surface area contributed by atoms with Gasteiger partial charge in [0.25, 0.3) is 0 Å². The highest BCUT2D eigenvalue weighted by atomic mass is 35.5. The van der Waals surface area contributed by atoms with Gasteiger partial charge >= 0.3 is 5.97 Å². The molecule has 0 radical (unpaired) electrons. The first-order chi connectivity index (χ1) is 15.5. The zero-order valence-corrected chi connectivity index (χ0v) is 20.2. The van der Waals surface area contributed by atoms with E-state index >= 15 is 0 Å². The Hall–Kier alpha value is -2.12. The number of nitrogens with one attached hydrogen (secondary N) is 2. The molecule has 8 heteroatoms. The summed E-state index contributed by atoms with van der Waals surface area (Å²) >= 11 is 0. The highest BCUT2D eigenvalue weighted by molar-refractivity contribution is 5.85. The SMILES string of the molecule is Cl.O=C(O)[C@H](CCc1ccccc1)CNC(=O)[C@@H]1CCCN(C(=O)CCC2CCNCC2)C1. The number of aliphatic carboxylic acids is 1. The second-order valence-corrected chi connectivity index (χ2v) is 9.22. The number of likely N-dealkylation sites (tertiary alicyclic amines) is 1. The van der Waals surface area contributed by atoms with E-state index in [9.17, 15) is 19.5 Å². The molecule has 0 saturated carbocycles. The predicted octanol–water partition coefficient (Wildman–Crippen LogP) is 2.88. The van der Waals surface area contributed by atoms with Crippen molar-refractivity contribution in [3.63, 3.8) is 0 Å².